The van der Waals surface area contributed by atoms with Crippen molar-refractivity contribution >= 4 is 28.9 Å². The monoisotopic (exact) mass is 328 g/mol. The van der Waals surface area contributed by atoms with Gasteiger partial charge in [0.05, 0.1) is 11.0 Å². The lowest BCUT2D eigenvalue weighted by Gasteiger charge is -2.09. The van der Waals surface area contributed by atoms with Gasteiger partial charge in [-0.15, -0.1) is 0 Å². The van der Waals surface area contributed by atoms with E-state index in [0.29, 0.717) is 24.6 Å². The van der Waals surface area contributed by atoms with E-state index in [0.717, 1.165) is 34.5 Å². The molecule has 0 fully saturated rings. The number of halogens is 1. The van der Waals surface area contributed by atoms with Gasteiger partial charge in [0.2, 0.25) is 0 Å². The van der Waals surface area contributed by atoms with Gasteiger partial charge in [-0.1, -0.05) is 23.7 Å². The van der Waals surface area contributed by atoms with Gasteiger partial charge < -0.3 is 14.1 Å². The van der Waals surface area contributed by atoms with Crippen molar-refractivity contribution in [3.05, 3.63) is 58.9 Å². The molecule has 0 radical (unpaired) electrons. The highest BCUT2D eigenvalue weighted by Crippen LogP contribution is 2.22. The highest BCUT2D eigenvalue weighted by Gasteiger charge is 2.12. The van der Waals surface area contributed by atoms with Crippen LogP contribution in [0, 0.1) is 6.92 Å². The number of fused-ring (bicyclic) bond motifs is 1. The Balaban J connectivity index is 1.90. The molecule has 0 saturated heterocycles. The Morgan fingerprint density at radius 3 is 2.74 bits per heavy atom. The number of carbonyl (C=O) groups excluding carboxylic acids is 1. The molecular weight excluding hydrogens is 312 g/mol. The zero-order valence-electron chi connectivity index (χ0n) is 12.8. The third-order valence-corrected chi connectivity index (χ3v) is 3.96. The summed E-state index contributed by atoms with van der Waals surface area (Å²) >= 11 is 5.88. The Morgan fingerprint density at radius 2 is 2.00 bits per heavy atom. The normalized spacial score (nSPS) is 10.9. The maximum atomic E-state index is 10.7. The third kappa shape index (κ3) is 3.37. The molecule has 0 saturated carbocycles. The Morgan fingerprint density at radius 1 is 1.22 bits per heavy atom. The number of rotatable bonds is 6. The van der Waals surface area contributed by atoms with Gasteiger partial charge in [0.15, 0.2) is 0 Å². The molecule has 0 aliphatic heterocycles. The molecule has 5 heteroatoms. The molecule has 3 rings (SSSR count). The van der Waals surface area contributed by atoms with E-state index >= 15 is 0 Å². The Bertz CT molecular complexity index is 825. The first kappa shape index (κ1) is 15.6. The first-order valence-electron chi connectivity index (χ1n) is 7.46. The molecule has 118 valence electrons. The number of imidazole rings is 1. The molecule has 0 spiro atoms. The Kier molecular flexibility index (Phi) is 4.63. The van der Waals surface area contributed by atoms with Crippen LogP contribution in [0.5, 0.6) is 5.75 Å². The standard InChI is InChI=1S/C18H17ClN2O2/c1-13-4-2-5-16-18(13)20-17(21(16)10-3-11-22)12-23-15-8-6-14(19)7-9-15/h2,4-9,11H,3,10,12H2,1H3. The summed E-state index contributed by atoms with van der Waals surface area (Å²) in [7, 11) is 0. The van der Waals surface area contributed by atoms with Crippen molar-refractivity contribution in [1.29, 1.82) is 0 Å². The number of carbonyl (C=O) groups is 1. The van der Waals surface area contributed by atoms with E-state index < -0.39 is 0 Å². The summed E-state index contributed by atoms with van der Waals surface area (Å²) in [5, 5.41) is 0.672. The largest absolute Gasteiger partial charge is 0.486 e. The summed E-state index contributed by atoms with van der Waals surface area (Å²) in [6.45, 7) is 2.97. The van der Waals surface area contributed by atoms with Gasteiger partial charge in [0.25, 0.3) is 0 Å². The van der Waals surface area contributed by atoms with Gasteiger partial charge in [-0.2, -0.15) is 0 Å². The summed E-state index contributed by atoms with van der Waals surface area (Å²) in [4.78, 5) is 15.4. The van der Waals surface area contributed by atoms with Gasteiger partial charge in [-0.25, -0.2) is 4.98 Å². The molecule has 1 heterocycles. The fourth-order valence-corrected chi connectivity index (χ4v) is 2.68. The van der Waals surface area contributed by atoms with Crippen LogP contribution in [0.2, 0.25) is 5.02 Å². The fraction of sp³-hybridized carbons (Fsp3) is 0.222. The van der Waals surface area contributed by atoms with Crippen LogP contribution in [0.3, 0.4) is 0 Å². The number of para-hydroxylation sites is 1. The molecule has 1 aromatic heterocycles. The number of aryl methyl sites for hydroxylation is 2. The maximum Gasteiger partial charge on any atom is 0.148 e. The molecule has 0 aliphatic carbocycles. The summed E-state index contributed by atoms with van der Waals surface area (Å²) in [6, 6.07) is 13.3. The molecule has 0 aliphatic rings. The first-order chi connectivity index (χ1) is 11.2. The van der Waals surface area contributed by atoms with E-state index in [1.807, 2.05) is 41.8 Å². The lowest BCUT2D eigenvalue weighted by Crippen LogP contribution is -2.08. The maximum absolute atomic E-state index is 10.7. The first-order valence-corrected chi connectivity index (χ1v) is 7.83. The van der Waals surface area contributed by atoms with Gasteiger partial charge >= 0.3 is 0 Å². The van der Waals surface area contributed by atoms with Gasteiger partial charge in [-0.3, -0.25) is 0 Å². The van der Waals surface area contributed by atoms with E-state index in [-0.39, 0.29) is 0 Å². The fourth-order valence-electron chi connectivity index (χ4n) is 2.56. The lowest BCUT2D eigenvalue weighted by molar-refractivity contribution is -0.108. The molecule has 0 atom stereocenters. The highest BCUT2D eigenvalue weighted by atomic mass is 35.5. The summed E-state index contributed by atoms with van der Waals surface area (Å²) in [5.41, 5.74) is 3.09. The van der Waals surface area contributed by atoms with Gasteiger partial charge in [0.1, 0.15) is 24.5 Å². The highest BCUT2D eigenvalue weighted by molar-refractivity contribution is 6.30. The molecular formula is C18H17ClN2O2. The quantitative estimate of drug-likeness (QED) is 0.638. The minimum Gasteiger partial charge on any atom is -0.486 e. The summed E-state index contributed by atoms with van der Waals surface area (Å²) in [6.07, 6.45) is 1.37. The second-order valence-electron chi connectivity index (χ2n) is 5.32. The number of aldehydes is 1. The number of hydrogen-bond donors (Lipinski definition) is 0. The van der Waals surface area contributed by atoms with Crippen LogP contribution in [0.15, 0.2) is 42.5 Å². The van der Waals surface area contributed by atoms with Gasteiger partial charge in [-0.05, 0) is 42.8 Å². The number of benzene rings is 2. The minimum absolute atomic E-state index is 0.342. The van der Waals surface area contributed by atoms with Crippen molar-refractivity contribution in [2.75, 3.05) is 0 Å². The molecule has 0 amide bonds. The molecule has 2 aromatic carbocycles. The van der Waals surface area contributed by atoms with Crippen molar-refractivity contribution < 1.29 is 9.53 Å². The van der Waals surface area contributed by atoms with E-state index in [1.165, 1.54) is 0 Å². The van der Waals surface area contributed by atoms with E-state index in [1.54, 1.807) is 12.1 Å². The van der Waals surface area contributed by atoms with Crippen LogP contribution in [0.25, 0.3) is 11.0 Å². The Labute approximate surface area is 139 Å². The average Bonchev–Trinajstić information content (AvgIpc) is 2.91. The number of ether oxygens (including phenoxy) is 1. The molecule has 23 heavy (non-hydrogen) atoms. The van der Waals surface area contributed by atoms with Crippen LogP contribution in [-0.2, 0) is 17.9 Å². The second-order valence-corrected chi connectivity index (χ2v) is 5.76. The van der Waals surface area contributed by atoms with Crippen molar-refractivity contribution in [2.45, 2.75) is 26.5 Å². The molecule has 3 aromatic rings. The van der Waals surface area contributed by atoms with Gasteiger partial charge in [0, 0.05) is 18.0 Å². The van der Waals surface area contributed by atoms with Crippen LogP contribution in [0.4, 0.5) is 0 Å². The molecule has 0 N–H and O–H groups in total. The second kappa shape index (κ2) is 6.84. The van der Waals surface area contributed by atoms with E-state index in [2.05, 4.69) is 0 Å². The number of aromatic nitrogens is 2. The predicted molar refractivity (Wildman–Crippen MR) is 90.9 cm³/mol. The zero-order chi connectivity index (χ0) is 16.2. The number of nitrogens with zero attached hydrogens (tertiary/aromatic N) is 2. The van der Waals surface area contributed by atoms with Crippen LogP contribution < -0.4 is 4.74 Å². The van der Waals surface area contributed by atoms with Crippen molar-refractivity contribution in [1.82, 2.24) is 9.55 Å². The van der Waals surface area contributed by atoms with E-state index in [9.17, 15) is 4.79 Å². The molecule has 0 bridgehead atoms. The van der Waals surface area contributed by atoms with Crippen LogP contribution in [0.1, 0.15) is 17.8 Å². The van der Waals surface area contributed by atoms with Crippen molar-refractivity contribution in [3.8, 4) is 5.75 Å². The topological polar surface area (TPSA) is 44.1 Å². The zero-order valence-corrected chi connectivity index (χ0v) is 13.6. The van der Waals surface area contributed by atoms with E-state index in [4.69, 9.17) is 21.3 Å². The SMILES string of the molecule is Cc1cccc2c1nc(COc1ccc(Cl)cc1)n2CCC=O. The predicted octanol–water partition coefficient (Wildman–Crippen LogP) is 4.17. The summed E-state index contributed by atoms with van der Waals surface area (Å²) < 4.78 is 7.86. The third-order valence-electron chi connectivity index (χ3n) is 3.71. The Hall–Kier alpha value is -2.33. The summed E-state index contributed by atoms with van der Waals surface area (Å²) in [5.74, 6) is 1.55. The average molecular weight is 329 g/mol. The smallest absolute Gasteiger partial charge is 0.148 e. The minimum atomic E-state index is 0.342. The van der Waals surface area contributed by atoms with Crippen molar-refractivity contribution in [2.24, 2.45) is 0 Å². The molecule has 4 nitrogen and oxygen atoms in total. The number of hydrogen-bond acceptors (Lipinski definition) is 3. The van der Waals surface area contributed by atoms with Crippen LogP contribution >= 0.6 is 11.6 Å². The van der Waals surface area contributed by atoms with Crippen molar-refractivity contribution in [3.63, 3.8) is 0 Å². The lowest BCUT2D eigenvalue weighted by atomic mass is 10.2. The van der Waals surface area contributed by atoms with Crippen LogP contribution in [-0.4, -0.2) is 15.8 Å². The molecule has 0 unspecified atom stereocenters.